The minimum atomic E-state index is -0.623. The summed E-state index contributed by atoms with van der Waals surface area (Å²) in [7, 11) is 0. The van der Waals surface area contributed by atoms with Crippen LogP contribution >= 0.6 is 11.8 Å². The lowest BCUT2D eigenvalue weighted by Gasteiger charge is -2.43. The Kier molecular flexibility index (Phi) is 5.39. The third kappa shape index (κ3) is 4.48. The van der Waals surface area contributed by atoms with Crippen LogP contribution in [-0.2, 0) is 15.3 Å². The summed E-state index contributed by atoms with van der Waals surface area (Å²) >= 11 is 1.93. The van der Waals surface area contributed by atoms with Crippen molar-refractivity contribution in [3.05, 3.63) is 29.8 Å². The molecule has 2 nitrogen and oxygen atoms in total. The number of benzene rings is 1. The van der Waals surface area contributed by atoms with E-state index in [4.69, 9.17) is 9.47 Å². The molecule has 0 spiro atoms. The van der Waals surface area contributed by atoms with Gasteiger partial charge in [0.2, 0.25) is 0 Å². The molecule has 1 heterocycles. The maximum absolute atomic E-state index is 6.17. The standard InChI is InChI=1S/C18H28O2S/c1-6-14(2)13-21-16-9-7-15(8-10-16)18(5)19-12-11-17(3,4)20-18/h7-10,14H,6,11-13H2,1-5H3. The lowest BCUT2D eigenvalue weighted by Crippen LogP contribution is -2.45. The highest BCUT2D eigenvalue weighted by atomic mass is 32.2. The topological polar surface area (TPSA) is 18.5 Å². The van der Waals surface area contributed by atoms with E-state index in [1.165, 1.54) is 17.1 Å². The molecule has 0 bridgehead atoms. The van der Waals surface area contributed by atoms with Gasteiger partial charge in [-0.1, -0.05) is 32.4 Å². The van der Waals surface area contributed by atoms with Crippen molar-refractivity contribution in [2.24, 2.45) is 5.92 Å². The smallest absolute Gasteiger partial charge is 0.192 e. The minimum absolute atomic E-state index is 0.128. The van der Waals surface area contributed by atoms with Gasteiger partial charge in [-0.3, -0.25) is 0 Å². The molecule has 2 unspecified atom stereocenters. The molecule has 1 saturated heterocycles. The predicted octanol–water partition coefficient (Wildman–Crippen LogP) is 5.21. The Morgan fingerprint density at radius 1 is 1.19 bits per heavy atom. The van der Waals surface area contributed by atoms with Crippen molar-refractivity contribution in [1.29, 1.82) is 0 Å². The van der Waals surface area contributed by atoms with Gasteiger partial charge in [0.1, 0.15) is 0 Å². The molecule has 0 radical (unpaired) electrons. The fourth-order valence-electron chi connectivity index (χ4n) is 2.45. The van der Waals surface area contributed by atoms with Gasteiger partial charge in [-0.2, -0.15) is 0 Å². The molecule has 1 fully saturated rings. The lowest BCUT2D eigenvalue weighted by atomic mass is 10.00. The largest absolute Gasteiger partial charge is 0.346 e. The molecule has 2 rings (SSSR count). The number of hydrogen-bond donors (Lipinski definition) is 0. The molecular formula is C18H28O2S. The maximum Gasteiger partial charge on any atom is 0.192 e. The molecule has 0 saturated carbocycles. The van der Waals surface area contributed by atoms with E-state index < -0.39 is 5.79 Å². The van der Waals surface area contributed by atoms with E-state index in [-0.39, 0.29) is 5.60 Å². The maximum atomic E-state index is 6.17. The summed E-state index contributed by atoms with van der Waals surface area (Å²) in [5.41, 5.74) is 0.972. The third-order valence-corrected chi connectivity index (χ3v) is 5.50. The van der Waals surface area contributed by atoms with Gasteiger partial charge in [0.05, 0.1) is 12.2 Å². The van der Waals surface area contributed by atoms with Crippen molar-refractivity contribution < 1.29 is 9.47 Å². The van der Waals surface area contributed by atoms with E-state index >= 15 is 0 Å². The van der Waals surface area contributed by atoms with Crippen LogP contribution in [0, 0.1) is 5.92 Å². The first-order valence-electron chi connectivity index (χ1n) is 7.92. The number of thioether (sulfide) groups is 1. The van der Waals surface area contributed by atoms with Crippen LogP contribution in [0.2, 0.25) is 0 Å². The Morgan fingerprint density at radius 3 is 2.43 bits per heavy atom. The molecule has 0 aliphatic carbocycles. The van der Waals surface area contributed by atoms with Gasteiger partial charge in [-0.05, 0) is 45.2 Å². The Morgan fingerprint density at radius 2 is 1.86 bits per heavy atom. The molecule has 118 valence electrons. The minimum Gasteiger partial charge on any atom is -0.346 e. The monoisotopic (exact) mass is 308 g/mol. The Hall–Kier alpha value is -0.510. The van der Waals surface area contributed by atoms with Crippen LogP contribution in [-0.4, -0.2) is 18.0 Å². The van der Waals surface area contributed by atoms with E-state index in [0.717, 1.165) is 24.5 Å². The second kappa shape index (κ2) is 6.72. The van der Waals surface area contributed by atoms with Crippen LogP contribution in [0.1, 0.15) is 53.0 Å². The summed E-state index contributed by atoms with van der Waals surface area (Å²) in [6, 6.07) is 8.64. The first-order valence-corrected chi connectivity index (χ1v) is 8.91. The highest BCUT2D eigenvalue weighted by Gasteiger charge is 2.39. The molecule has 1 aliphatic heterocycles. The van der Waals surface area contributed by atoms with E-state index in [2.05, 4.69) is 52.0 Å². The second-order valence-corrected chi connectivity index (χ2v) is 7.85. The van der Waals surface area contributed by atoms with E-state index in [1.54, 1.807) is 0 Å². The molecule has 1 aliphatic rings. The van der Waals surface area contributed by atoms with Gasteiger partial charge in [-0.25, -0.2) is 0 Å². The van der Waals surface area contributed by atoms with Crippen molar-refractivity contribution >= 4 is 11.8 Å². The zero-order valence-corrected chi connectivity index (χ0v) is 14.8. The Balaban J connectivity index is 2.04. The zero-order valence-electron chi connectivity index (χ0n) is 13.9. The molecule has 3 heteroatoms. The van der Waals surface area contributed by atoms with Crippen LogP contribution in [0.15, 0.2) is 29.2 Å². The number of ether oxygens (including phenoxy) is 2. The van der Waals surface area contributed by atoms with E-state index in [9.17, 15) is 0 Å². The Bertz CT molecular complexity index is 455. The highest BCUT2D eigenvalue weighted by molar-refractivity contribution is 7.99. The van der Waals surface area contributed by atoms with Crippen LogP contribution in [0.5, 0.6) is 0 Å². The third-order valence-electron chi connectivity index (χ3n) is 4.16. The fraction of sp³-hybridized carbons (Fsp3) is 0.667. The quantitative estimate of drug-likeness (QED) is 0.695. The SMILES string of the molecule is CCC(C)CSc1ccc(C2(C)OCCC(C)(C)O2)cc1. The van der Waals surface area contributed by atoms with E-state index in [0.29, 0.717) is 0 Å². The summed E-state index contributed by atoms with van der Waals surface area (Å²) < 4.78 is 12.1. The lowest BCUT2D eigenvalue weighted by molar-refractivity contribution is -0.319. The average molecular weight is 308 g/mol. The van der Waals surface area contributed by atoms with Gasteiger partial charge in [-0.15, -0.1) is 11.8 Å². The highest BCUT2D eigenvalue weighted by Crippen LogP contribution is 2.38. The second-order valence-electron chi connectivity index (χ2n) is 6.75. The van der Waals surface area contributed by atoms with Crippen LogP contribution in [0.4, 0.5) is 0 Å². The zero-order chi connectivity index (χ0) is 15.5. The number of hydrogen-bond acceptors (Lipinski definition) is 3. The Labute approximate surface area is 133 Å². The fourth-order valence-corrected chi connectivity index (χ4v) is 3.49. The van der Waals surface area contributed by atoms with Gasteiger partial charge in [0, 0.05) is 16.2 Å². The first kappa shape index (κ1) is 16.9. The van der Waals surface area contributed by atoms with Crippen LogP contribution in [0.3, 0.4) is 0 Å². The summed E-state index contributed by atoms with van der Waals surface area (Å²) in [6.45, 7) is 11.6. The first-order chi connectivity index (χ1) is 9.85. The molecule has 0 N–H and O–H groups in total. The van der Waals surface area contributed by atoms with Gasteiger partial charge < -0.3 is 9.47 Å². The molecule has 21 heavy (non-hydrogen) atoms. The summed E-state index contributed by atoms with van der Waals surface area (Å²) in [5.74, 6) is 1.31. The predicted molar refractivity (Wildman–Crippen MR) is 89.7 cm³/mol. The van der Waals surface area contributed by atoms with Crippen molar-refractivity contribution in [1.82, 2.24) is 0 Å². The van der Waals surface area contributed by atoms with E-state index in [1.807, 2.05) is 18.7 Å². The van der Waals surface area contributed by atoms with Gasteiger partial charge in [0.15, 0.2) is 5.79 Å². The van der Waals surface area contributed by atoms with Crippen molar-refractivity contribution in [3.8, 4) is 0 Å². The summed E-state index contributed by atoms with van der Waals surface area (Å²) in [5, 5.41) is 0. The van der Waals surface area contributed by atoms with Crippen LogP contribution < -0.4 is 0 Å². The summed E-state index contributed by atoms with van der Waals surface area (Å²) in [6.07, 6.45) is 2.17. The molecule has 1 aromatic carbocycles. The molecular weight excluding hydrogens is 280 g/mol. The molecule has 2 atom stereocenters. The van der Waals surface area contributed by atoms with Crippen molar-refractivity contribution in [2.75, 3.05) is 12.4 Å². The van der Waals surface area contributed by atoms with Crippen molar-refractivity contribution in [2.45, 2.75) is 63.7 Å². The normalized spacial score (nSPS) is 26.5. The van der Waals surface area contributed by atoms with Gasteiger partial charge >= 0.3 is 0 Å². The van der Waals surface area contributed by atoms with Crippen LogP contribution in [0.25, 0.3) is 0 Å². The van der Waals surface area contributed by atoms with Gasteiger partial charge in [0.25, 0.3) is 0 Å². The van der Waals surface area contributed by atoms with Crippen molar-refractivity contribution in [3.63, 3.8) is 0 Å². The average Bonchev–Trinajstić information content (AvgIpc) is 2.44. The molecule has 0 amide bonds. The molecule has 1 aromatic rings. The molecule has 0 aromatic heterocycles. The summed E-state index contributed by atoms with van der Waals surface area (Å²) in [4.78, 5) is 1.32. The number of rotatable bonds is 5.